The van der Waals surface area contributed by atoms with Gasteiger partial charge in [-0.2, -0.15) is 0 Å². The van der Waals surface area contributed by atoms with E-state index in [2.05, 4.69) is 32.0 Å². The molecule has 0 heterocycles. The van der Waals surface area contributed by atoms with E-state index in [1.165, 1.54) is 16.7 Å². The van der Waals surface area contributed by atoms with E-state index in [0.717, 1.165) is 12.0 Å². The molecule has 1 unspecified atom stereocenters. The van der Waals surface area contributed by atoms with Crippen molar-refractivity contribution in [2.24, 2.45) is 0 Å². The Morgan fingerprint density at radius 2 is 1.80 bits per heavy atom. The van der Waals surface area contributed by atoms with Gasteiger partial charge in [0.05, 0.1) is 6.42 Å². The number of carbonyl (C=O) groups is 1. The van der Waals surface area contributed by atoms with Gasteiger partial charge in [-0.3, -0.25) is 4.79 Å². The Bertz CT molecular complexity index is 588. The molecule has 2 heteroatoms. The Kier molecular flexibility index (Phi) is 4.57. The van der Waals surface area contributed by atoms with Crippen molar-refractivity contribution in [1.82, 2.24) is 0 Å². The van der Waals surface area contributed by atoms with Crippen molar-refractivity contribution >= 4 is 5.97 Å². The molecule has 0 saturated carbocycles. The van der Waals surface area contributed by atoms with Gasteiger partial charge in [-0.1, -0.05) is 54.1 Å². The highest BCUT2D eigenvalue weighted by Gasteiger charge is 2.17. The minimum atomic E-state index is -0.747. The van der Waals surface area contributed by atoms with E-state index in [1.807, 2.05) is 30.3 Å². The third-order valence-electron chi connectivity index (χ3n) is 3.66. The van der Waals surface area contributed by atoms with Crippen molar-refractivity contribution in [1.29, 1.82) is 0 Å². The van der Waals surface area contributed by atoms with Crippen LogP contribution >= 0.6 is 0 Å². The number of aryl methyl sites for hydroxylation is 2. The summed E-state index contributed by atoms with van der Waals surface area (Å²) in [5.41, 5.74) is 4.79. The van der Waals surface area contributed by atoms with Crippen LogP contribution in [0.4, 0.5) is 0 Å². The molecule has 0 radical (unpaired) electrons. The molecular weight excluding hydrogens is 248 g/mol. The molecule has 0 spiro atoms. The summed E-state index contributed by atoms with van der Waals surface area (Å²) in [5.74, 6) is -0.723. The van der Waals surface area contributed by atoms with Crippen LogP contribution in [-0.2, 0) is 11.2 Å². The Morgan fingerprint density at radius 3 is 2.40 bits per heavy atom. The van der Waals surface area contributed by atoms with E-state index in [9.17, 15) is 4.79 Å². The normalized spacial score (nSPS) is 12.1. The van der Waals surface area contributed by atoms with Crippen LogP contribution in [0.3, 0.4) is 0 Å². The van der Waals surface area contributed by atoms with Gasteiger partial charge >= 0.3 is 5.97 Å². The third kappa shape index (κ3) is 3.70. The molecule has 0 bridgehead atoms. The molecule has 0 aliphatic heterocycles. The first-order valence-electron chi connectivity index (χ1n) is 6.89. The van der Waals surface area contributed by atoms with Crippen LogP contribution in [0, 0.1) is 13.8 Å². The van der Waals surface area contributed by atoms with Crippen LogP contribution in [0.25, 0.3) is 0 Å². The molecule has 104 valence electrons. The van der Waals surface area contributed by atoms with E-state index < -0.39 is 5.97 Å². The molecule has 2 aromatic carbocycles. The van der Waals surface area contributed by atoms with Gasteiger partial charge in [-0.05, 0) is 42.9 Å². The third-order valence-corrected chi connectivity index (χ3v) is 3.66. The summed E-state index contributed by atoms with van der Waals surface area (Å²) >= 11 is 0. The molecule has 20 heavy (non-hydrogen) atoms. The van der Waals surface area contributed by atoms with Crippen molar-refractivity contribution in [2.45, 2.75) is 32.6 Å². The molecule has 0 fully saturated rings. The number of benzene rings is 2. The van der Waals surface area contributed by atoms with Crippen LogP contribution in [0.15, 0.2) is 48.5 Å². The highest BCUT2D eigenvalue weighted by atomic mass is 16.4. The summed E-state index contributed by atoms with van der Waals surface area (Å²) in [4.78, 5) is 11.1. The zero-order valence-corrected chi connectivity index (χ0v) is 12.0. The molecule has 2 aromatic rings. The van der Waals surface area contributed by atoms with Crippen molar-refractivity contribution in [3.8, 4) is 0 Å². The molecule has 1 atom stereocenters. The molecule has 0 aliphatic rings. The summed E-state index contributed by atoms with van der Waals surface area (Å²) < 4.78 is 0. The molecule has 2 nitrogen and oxygen atoms in total. The van der Waals surface area contributed by atoms with E-state index in [1.54, 1.807) is 0 Å². The fourth-order valence-electron chi connectivity index (χ4n) is 2.58. The maximum Gasteiger partial charge on any atom is 0.303 e. The number of carboxylic acid groups (broad SMARTS) is 1. The van der Waals surface area contributed by atoms with Gasteiger partial charge in [-0.15, -0.1) is 0 Å². The molecule has 1 N–H and O–H groups in total. The van der Waals surface area contributed by atoms with Gasteiger partial charge in [0, 0.05) is 0 Å². The monoisotopic (exact) mass is 268 g/mol. The lowest BCUT2D eigenvalue weighted by Crippen LogP contribution is -2.10. The second-order valence-corrected chi connectivity index (χ2v) is 5.34. The highest BCUT2D eigenvalue weighted by Crippen LogP contribution is 2.26. The lowest BCUT2D eigenvalue weighted by Gasteiger charge is -2.17. The predicted molar refractivity (Wildman–Crippen MR) is 81.1 cm³/mol. The average Bonchev–Trinajstić information content (AvgIpc) is 2.41. The second-order valence-electron chi connectivity index (χ2n) is 5.34. The van der Waals surface area contributed by atoms with Gasteiger partial charge in [-0.25, -0.2) is 0 Å². The summed E-state index contributed by atoms with van der Waals surface area (Å²) in [5, 5.41) is 9.14. The number of aliphatic carboxylic acids is 1. The summed E-state index contributed by atoms with van der Waals surface area (Å²) in [6.45, 7) is 4.16. The van der Waals surface area contributed by atoms with Crippen molar-refractivity contribution in [3.63, 3.8) is 0 Å². The fourth-order valence-corrected chi connectivity index (χ4v) is 2.58. The summed E-state index contributed by atoms with van der Waals surface area (Å²) in [7, 11) is 0. The predicted octanol–water partition coefficient (Wildman–Crippen LogP) is 4.10. The number of rotatable bonds is 5. The van der Waals surface area contributed by atoms with Crippen molar-refractivity contribution in [3.05, 3.63) is 70.8 Å². The van der Waals surface area contributed by atoms with Gasteiger partial charge in [0.25, 0.3) is 0 Å². The molecule has 0 saturated heterocycles. The van der Waals surface area contributed by atoms with Gasteiger partial charge in [0.1, 0.15) is 0 Å². The maximum atomic E-state index is 11.1. The van der Waals surface area contributed by atoms with Crippen LogP contribution < -0.4 is 0 Å². The SMILES string of the molecule is Cc1ccc(CC(CC(=O)O)c2ccccc2)c(C)c1. The number of hydrogen-bond acceptors (Lipinski definition) is 1. The first kappa shape index (κ1) is 14.3. The van der Waals surface area contributed by atoms with Crippen LogP contribution in [-0.4, -0.2) is 11.1 Å². The van der Waals surface area contributed by atoms with E-state index in [-0.39, 0.29) is 12.3 Å². The van der Waals surface area contributed by atoms with Crippen LogP contribution in [0.1, 0.15) is 34.6 Å². The minimum Gasteiger partial charge on any atom is -0.481 e. The van der Waals surface area contributed by atoms with Gasteiger partial charge < -0.3 is 5.11 Å². The average molecular weight is 268 g/mol. The second kappa shape index (κ2) is 6.38. The summed E-state index contributed by atoms with van der Waals surface area (Å²) in [6, 6.07) is 16.3. The molecule has 2 rings (SSSR count). The standard InChI is InChI=1S/C18H20O2/c1-13-8-9-16(14(2)10-13)11-17(12-18(19)20)15-6-4-3-5-7-15/h3-10,17H,11-12H2,1-2H3,(H,19,20). The van der Waals surface area contributed by atoms with Gasteiger partial charge in [0.15, 0.2) is 0 Å². The molecule has 0 aromatic heterocycles. The molecular formula is C18H20O2. The topological polar surface area (TPSA) is 37.3 Å². The Hall–Kier alpha value is -2.09. The Labute approximate surface area is 120 Å². The molecule has 0 amide bonds. The van der Waals surface area contributed by atoms with Gasteiger partial charge in [0.2, 0.25) is 0 Å². The first-order valence-corrected chi connectivity index (χ1v) is 6.89. The Morgan fingerprint density at radius 1 is 1.10 bits per heavy atom. The van der Waals surface area contributed by atoms with Crippen LogP contribution in [0.2, 0.25) is 0 Å². The van der Waals surface area contributed by atoms with Crippen molar-refractivity contribution in [2.75, 3.05) is 0 Å². The quantitative estimate of drug-likeness (QED) is 0.886. The maximum absolute atomic E-state index is 11.1. The summed E-state index contributed by atoms with van der Waals surface area (Å²) in [6.07, 6.45) is 0.930. The first-order chi connectivity index (χ1) is 9.56. The van der Waals surface area contributed by atoms with Crippen LogP contribution in [0.5, 0.6) is 0 Å². The van der Waals surface area contributed by atoms with E-state index in [4.69, 9.17) is 5.11 Å². The molecule has 0 aliphatic carbocycles. The van der Waals surface area contributed by atoms with Crippen molar-refractivity contribution < 1.29 is 9.90 Å². The largest absolute Gasteiger partial charge is 0.481 e. The zero-order chi connectivity index (χ0) is 14.5. The lowest BCUT2D eigenvalue weighted by atomic mass is 9.87. The minimum absolute atomic E-state index is 0.0232. The van der Waals surface area contributed by atoms with E-state index in [0.29, 0.717) is 0 Å². The lowest BCUT2D eigenvalue weighted by molar-refractivity contribution is -0.137. The zero-order valence-electron chi connectivity index (χ0n) is 12.0. The Balaban J connectivity index is 2.26. The van der Waals surface area contributed by atoms with E-state index >= 15 is 0 Å². The fraction of sp³-hybridized carbons (Fsp3) is 0.278. The number of carboxylic acids is 1. The smallest absolute Gasteiger partial charge is 0.303 e. The number of hydrogen-bond donors (Lipinski definition) is 1. The highest BCUT2D eigenvalue weighted by molar-refractivity contribution is 5.68.